The van der Waals surface area contributed by atoms with Crippen molar-refractivity contribution in [3.63, 3.8) is 0 Å². The molecule has 0 radical (unpaired) electrons. The molecule has 1 unspecified atom stereocenters. The molecule has 2 aromatic rings. The Kier molecular flexibility index (Phi) is 3.21. The van der Waals surface area contributed by atoms with Gasteiger partial charge in [-0.25, -0.2) is 4.98 Å². The normalized spacial score (nSPS) is 19.6. The zero-order valence-corrected chi connectivity index (χ0v) is 11.3. The lowest BCUT2D eigenvalue weighted by Crippen LogP contribution is -2.30. The van der Waals surface area contributed by atoms with Crippen LogP contribution in [0.4, 0.5) is 0 Å². The molecule has 0 spiro atoms. The second-order valence-corrected chi connectivity index (χ2v) is 5.04. The SMILES string of the molecule is Cc1nc(CN2Cc3ccccc3OC(C)C2)n[nH]1. The molecule has 1 atom stereocenters. The topological polar surface area (TPSA) is 54.0 Å². The number of ether oxygens (including phenoxy) is 1. The first-order chi connectivity index (χ1) is 9.20. The van der Waals surface area contributed by atoms with Crippen LogP contribution >= 0.6 is 0 Å². The van der Waals surface area contributed by atoms with Gasteiger partial charge in [0.1, 0.15) is 17.7 Å². The summed E-state index contributed by atoms with van der Waals surface area (Å²) in [7, 11) is 0. The van der Waals surface area contributed by atoms with Gasteiger partial charge in [-0.05, 0) is 19.9 Å². The highest BCUT2D eigenvalue weighted by atomic mass is 16.5. The maximum absolute atomic E-state index is 5.94. The molecule has 0 aliphatic carbocycles. The first kappa shape index (κ1) is 12.2. The molecule has 5 heteroatoms. The highest BCUT2D eigenvalue weighted by Gasteiger charge is 2.20. The Balaban J connectivity index is 1.79. The predicted molar refractivity (Wildman–Crippen MR) is 71.8 cm³/mol. The van der Waals surface area contributed by atoms with E-state index in [1.54, 1.807) is 0 Å². The zero-order valence-electron chi connectivity index (χ0n) is 11.3. The van der Waals surface area contributed by atoms with Gasteiger partial charge in [0.15, 0.2) is 5.82 Å². The lowest BCUT2D eigenvalue weighted by Gasteiger charge is -2.20. The van der Waals surface area contributed by atoms with E-state index >= 15 is 0 Å². The first-order valence-corrected chi connectivity index (χ1v) is 6.55. The van der Waals surface area contributed by atoms with Gasteiger partial charge in [-0.15, -0.1) is 0 Å². The van der Waals surface area contributed by atoms with E-state index in [0.29, 0.717) is 0 Å². The molecule has 0 bridgehead atoms. The smallest absolute Gasteiger partial charge is 0.164 e. The zero-order chi connectivity index (χ0) is 13.2. The third-order valence-electron chi connectivity index (χ3n) is 3.22. The number of aryl methyl sites for hydroxylation is 1. The molecule has 1 aliphatic heterocycles. The standard InChI is InChI=1S/C14H18N4O/c1-10-7-18(9-14-15-11(2)16-17-14)8-12-5-3-4-6-13(12)19-10/h3-6,10H,7-9H2,1-2H3,(H,15,16,17). The van der Waals surface area contributed by atoms with Gasteiger partial charge < -0.3 is 4.74 Å². The van der Waals surface area contributed by atoms with Crippen LogP contribution in [0.25, 0.3) is 0 Å². The molecule has 0 saturated carbocycles. The number of para-hydroxylation sites is 1. The third-order valence-corrected chi connectivity index (χ3v) is 3.22. The van der Waals surface area contributed by atoms with Gasteiger partial charge in [0.25, 0.3) is 0 Å². The van der Waals surface area contributed by atoms with Crippen molar-refractivity contribution in [2.75, 3.05) is 6.54 Å². The average Bonchev–Trinajstić information content (AvgIpc) is 2.69. The van der Waals surface area contributed by atoms with E-state index in [2.05, 4.69) is 33.1 Å². The Morgan fingerprint density at radius 1 is 1.42 bits per heavy atom. The average molecular weight is 258 g/mol. The highest BCUT2D eigenvalue weighted by Crippen LogP contribution is 2.25. The lowest BCUT2D eigenvalue weighted by atomic mass is 10.2. The Labute approximate surface area is 112 Å². The van der Waals surface area contributed by atoms with Crippen LogP contribution < -0.4 is 4.74 Å². The van der Waals surface area contributed by atoms with Crippen LogP contribution in [-0.2, 0) is 13.1 Å². The van der Waals surface area contributed by atoms with Crippen LogP contribution in [0.2, 0.25) is 0 Å². The Hall–Kier alpha value is -1.88. The molecule has 0 amide bonds. The fourth-order valence-electron chi connectivity index (χ4n) is 2.45. The predicted octanol–water partition coefficient (Wildman–Crippen LogP) is 1.90. The van der Waals surface area contributed by atoms with E-state index in [1.807, 2.05) is 25.1 Å². The van der Waals surface area contributed by atoms with E-state index in [-0.39, 0.29) is 6.10 Å². The molecule has 100 valence electrons. The molecular weight excluding hydrogens is 240 g/mol. The van der Waals surface area contributed by atoms with Crippen molar-refractivity contribution in [3.05, 3.63) is 41.5 Å². The summed E-state index contributed by atoms with van der Waals surface area (Å²) >= 11 is 0. The van der Waals surface area contributed by atoms with Crippen molar-refractivity contribution in [1.82, 2.24) is 20.1 Å². The molecule has 2 heterocycles. The molecule has 1 aromatic carbocycles. The second-order valence-electron chi connectivity index (χ2n) is 5.04. The molecule has 0 fully saturated rings. The van der Waals surface area contributed by atoms with Gasteiger partial charge in [0.05, 0.1) is 6.54 Å². The number of H-pyrrole nitrogens is 1. The molecule has 19 heavy (non-hydrogen) atoms. The van der Waals surface area contributed by atoms with Gasteiger partial charge in [0, 0.05) is 18.7 Å². The van der Waals surface area contributed by atoms with E-state index in [4.69, 9.17) is 4.74 Å². The van der Waals surface area contributed by atoms with Gasteiger partial charge in [-0.2, -0.15) is 5.10 Å². The lowest BCUT2D eigenvalue weighted by molar-refractivity contribution is 0.154. The molecule has 1 aromatic heterocycles. The largest absolute Gasteiger partial charge is 0.489 e. The maximum Gasteiger partial charge on any atom is 0.164 e. The van der Waals surface area contributed by atoms with Gasteiger partial charge >= 0.3 is 0 Å². The van der Waals surface area contributed by atoms with Crippen molar-refractivity contribution in [2.45, 2.75) is 33.0 Å². The molecule has 0 saturated heterocycles. The van der Waals surface area contributed by atoms with Crippen LogP contribution in [0, 0.1) is 6.92 Å². The van der Waals surface area contributed by atoms with E-state index in [9.17, 15) is 0 Å². The molecule has 3 rings (SSSR count). The van der Waals surface area contributed by atoms with Crippen molar-refractivity contribution in [3.8, 4) is 5.75 Å². The molecule has 1 aliphatic rings. The quantitative estimate of drug-likeness (QED) is 0.894. The van der Waals surface area contributed by atoms with Gasteiger partial charge in [-0.1, -0.05) is 18.2 Å². The van der Waals surface area contributed by atoms with Gasteiger partial charge in [-0.3, -0.25) is 10.00 Å². The van der Waals surface area contributed by atoms with Crippen molar-refractivity contribution in [2.24, 2.45) is 0 Å². The van der Waals surface area contributed by atoms with E-state index in [1.165, 1.54) is 5.56 Å². The summed E-state index contributed by atoms with van der Waals surface area (Å²) in [5.74, 6) is 2.68. The summed E-state index contributed by atoms with van der Waals surface area (Å²) in [4.78, 5) is 6.69. The fourth-order valence-corrected chi connectivity index (χ4v) is 2.45. The summed E-state index contributed by atoms with van der Waals surface area (Å²) in [6.07, 6.45) is 0.170. The number of nitrogens with zero attached hydrogens (tertiary/aromatic N) is 3. The van der Waals surface area contributed by atoms with Crippen LogP contribution in [0.15, 0.2) is 24.3 Å². The Morgan fingerprint density at radius 3 is 3.05 bits per heavy atom. The molecular formula is C14H18N4O. The number of nitrogens with one attached hydrogen (secondary N) is 1. The summed E-state index contributed by atoms with van der Waals surface area (Å²) < 4.78 is 5.94. The number of hydrogen-bond acceptors (Lipinski definition) is 4. The number of benzene rings is 1. The summed E-state index contributed by atoms with van der Waals surface area (Å²) in [5, 5.41) is 7.09. The second kappa shape index (κ2) is 5.01. The molecule has 5 nitrogen and oxygen atoms in total. The minimum Gasteiger partial charge on any atom is -0.489 e. The van der Waals surface area contributed by atoms with Crippen LogP contribution in [0.5, 0.6) is 5.75 Å². The highest BCUT2D eigenvalue weighted by molar-refractivity contribution is 5.34. The van der Waals surface area contributed by atoms with Crippen molar-refractivity contribution in [1.29, 1.82) is 0 Å². The third kappa shape index (κ3) is 2.76. The number of fused-ring (bicyclic) bond motifs is 1. The van der Waals surface area contributed by atoms with Crippen LogP contribution in [-0.4, -0.2) is 32.7 Å². The maximum atomic E-state index is 5.94. The number of aromatic amines is 1. The van der Waals surface area contributed by atoms with Crippen molar-refractivity contribution < 1.29 is 4.74 Å². The summed E-state index contributed by atoms with van der Waals surface area (Å²) in [6, 6.07) is 8.21. The monoisotopic (exact) mass is 258 g/mol. The minimum atomic E-state index is 0.170. The summed E-state index contributed by atoms with van der Waals surface area (Å²) in [5.41, 5.74) is 1.22. The summed E-state index contributed by atoms with van der Waals surface area (Å²) in [6.45, 7) is 6.50. The van der Waals surface area contributed by atoms with Gasteiger partial charge in [0.2, 0.25) is 0 Å². The van der Waals surface area contributed by atoms with Crippen LogP contribution in [0.3, 0.4) is 0 Å². The van der Waals surface area contributed by atoms with Crippen LogP contribution in [0.1, 0.15) is 24.1 Å². The number of aromatic nitrogens is 3. The Morgan fingerprint density at radius 2 is 2.26 bits per heavy atom. The molecule has 1 N–H and O–H groups in total. The fraction of sp³-hybridized carbons (Fsp3) is 0.429. The Bertz CT molecular complexity index is 566. The minimum absolute atomic E-state index is 0.170. The number of rotatable bonds is 2. The van der Waals surface area contributed by atoms with Crippen molar-refractivity contribution >= 4 is 0 Å². The van der Waals surface area contributed by atoms with E-state index < -0.39 is 0 Å². The van der Waals surface area contributed by atoms with E-state index in [0.717, 1.165) is 37.0 Å². The number of hydrogen-bond donors (Lipinski definition) is 1. The first-order valence-electron chi connectivity index (χ1n) is 6.55.